The Morgan fingerprint density at radius 1 is 1.41 bits per heavy atom. The standard InChI is InChI=1S/C11H15N3OS2/c1-2-3-8-17-11(16)14-13-10(15)9-4-6-12-7-5-9/h4-7H,2-3,8H2,1H3,(H,13,15)(H,14,16). The fourth-order valence-corrected chi connectivity index (χ4v) is 2.07. The van der Waals surface area contributed by atoms with Crippen LogP contribution in [0.2, 0.25) is 0 Å². The number of unbranched alkanes of at least 4 members (excludes halogenated alkanes) is 1. The van der Waals surface area contributed by atoms with Crippen LogP contribution < -0.4 is 10.9 Å². The van der Waals surface area contributed by atoms with Crippen molar-refractivity contribution in [1.29, 1.82) is 0 Å². The van der Waals surface area contributed by atoms with Gasteiger partial charge < -0.3 is 0 Å². The number of rotatable bonds is 4. The summed E-state index contributed by atoms with van der Waals surface area (Å²) in [5.41, 5.74) is 5.81. The molecule has 0 aromatic carbocycles. The molecule has 1 aromatic rings. The Bertz CT molecular complexity index is 370. The van der Waals surface area contributed by atoms with Gasteiger partial charge >= 0.3 is 0 Å². The van der Waals surface area contributed by atoms with Crippen LogP contribution in [-0.4, -0.2) is 21.0 Å². The van der Waals surface area contributed by atoms with Gasteiger partial charge in [0.2, 0.25) is 0 Å². The summed E-state index contributed by atoms with van der Waals surface area (Å²) >= 11 is 6.59. The van der Waals surface area contributed by atoms with Gasteiger partial charge in [-0.25, -0.2) is 0 Å². The third-order valence-electron chi connectivity index (χ3n) is 1.95. The van der Waals surface area contributed by atoms with Crippen molar-refractivity contribution in [3.05, 3.63) is 30.1 Å². The summed E-state index contributed by atoms with van der Waals surface area (Å²) in [6.07, 6.45) is 5.40. The van der Waals surface area contributed by atoms with E-state index < -0.39 is 0 Å². The Labute approximate surface area is 111 Å². The smallest absolute Gasteiger partial charge is 0.269 e. The first-order valence-corrected chi connectivity index (χ1v) is 6.76. The van der Waals surface area contributed by atoms with E-state index in [4.69, 9.17) is 12.2 Å². The molecule has 0 saturated carbocycles. The molecular formula is C11H15N3OS2. The lowest BCUT2D eigenvalue weighted by molar-refractivity contribution is 0.0944. The van der Waals surface area contributed by atoms with Gasteiger partial charge in [-0.15, -0.1) is 0 Å². The highest BCUT2D eigenvalue weighted by Crippen LogP contribution is 2.05. The lowest BCUT2D eigenvalue weighted by atomic mass is 10.3. The van der Waals surface area contributed by atoms with Gasteiger partial charge in [0.15, 0.2) is 4.32 Å². The number of thiocarbonyl (C=S) groups is 1. The van der Waals surface area contributed by atoms with Gasteiger partial charge in [-0.05, 0) is 18.6 Å². The van der Waals surface area contributed by atoms with E-state index in [0.29, 0.717) is 9.88 Å². The number of pyridine rings is 1. The molecule has 0 aliphatic carbocycles. The zero-order valence-corrected chi connectivity index (χ0v) is 11.2. The van der Waals surface area contributed by atoms with Gasteiger partial charge in [0.05, 0.1) is 0 Å². The quantitative estimate of drug-likeness (QED) is 0.498. The van der Waals surface area contributed by atoms with Crippen molar-refractivity contribution >= 4 is 34.2 Å². The fraction of sp³-hybridized carbons (Fsp3) is 0.364. The Hall–Kier alpha value is -1.14. The largest absolute Gasteiger partial charge is 0.283 e. The summed E-state index contributed by atoms with van der Waals surface area (Å²) in [6.45, 7) is 2.13. The maximum absolute atomic E-state index is 11.6. The Morgan fingerprint density at radius 2 is 2.12 bits per heavy atom. The second-order valence-corrected chi connectivity index (χ2v) is 5.08. The van der Waals surface area contributed by atoms with E-state index in [1.807, 2.05) is 0 Å². The number of hydrazine groups is 1. The van der Waals surface area contributed by atoms with Crippen LogP contribution in [0.1, 0.15) is 30.1 Å². The minimum absolute atomic E-state index is 0.217. The van der Waals surface area contributed by atoms with E-state index in [1.165, 1.54) is 11.8 Å². The van der Waals surface area contributed by atoms with Crippen LogP contribution in [0.5, 0.6) is 0 Å². The third-order valence-corrected chi connectivity index (χ3v) is 3.26. The van der Waals surface area contributed by atoms with E-state index in [1.54, 1.807) is 24.5 Å². The predicted octanol–water partition coefficient (Wildman–Crippen LogP) is 2.13. The predicted molar refractivity (Wildman–Crippen MR) is 74.8 cm³/mol. The molecule has 6 heteroatoms. The summed E-state index contributed by atoms with van der Waals surface area (Å²) in [4.78, 5) is 15.5. The summed E-state index contributed by atoms with van der Waals surface area (Å²) in [5, 5.41) is 0. The lowest BCUT2D eigenvalue weighted by Gasteiger charge is -2.08. The molecule has 0 aliphatic heterocycles. The zero-order valence-electron chi connectivity index (χ0n) is 9.60. The molecule has 1 aromatic heterocycles. The SMILES string of the molecule is CCCCSC(=S)NNC(=O)c1ccncc1. The normalized spacial score (nSPS) is 9.71. The fourth-order valence-electron chi connectivity index (χ4n) is 1.03. The number of amides is 1. The van der Waals surface area contributed by atoms with Crippen molar-refractivity contribution in [3.63, 3.8) is 0 Å². The van der Waals surface area contributed by atoms with Gasteiger partial charge in [0.25, 0.3) is 5.91 Å². The summed E-state index contributed by atoms with van der Waals surface area (Å²) in [5.74, 6) is 0.749. The number of nitrogens with zero attached hydrogens (tertiary/aromatic N) is 1. The highest BCUT2D eigenvalue weighted by molar-refractivity contribution is 8.22. The third kappa shape index (κ3) is 5.65. The number of hydrogen-bond acceptors (Lipinski definition) is 4. The second kappa shape index (κ2) is 8.03. The topological polar surface area (TPSA) is 54.0 Å². The molecule has 0 saturated heterocycles. The Kier molecular flexibility index (Phi) is 6.57. The van der Waals surface area contributed by atoms with Crippen molar-refractivity contribution in [2.45, 2.75) is 19.8 Å². The Morgan fingerprint density at radius 3 is 2.76 bits per heavy atom. The van der Waals surface area contributed by atoms with E-state index in [-0.39, 0.29) is 5.91 Å². The maximum Gasteiger partial charge on any atom is 0.269 e. The number of nitrogens with one attached hydrogen (secondary N) is 2. The number of carbonyl (C=O) groups excluding carboxylic acids is 1. The molecule has 92 valence electrons. The number of aromatic nitrogens is 1. The van der Waals surface area contributed by atoms with E-state index in [9.17, 15) is 4.79 Å². The molecule has 0 spiro atoms. The van der Waals surface area contributed by atoms with Crippen LogP contribution in [-0.2, 0) is 0 Å². The van der Waals surface area contributed by atoms with E-state index in [2.05, 4.69) is 22.8 Å². The van der Waals surface area contributed by atoms with Gasteiger partial charge in [0.1, 0.15) is 0 Å². The van der Waals surface area contributed by atoms with Gasteiger partial charge in [-0.1, -0.05) is 37.3 Å². The first-order chi connectivity index (χ1) is 8.24. The van der Waals surface area contributed by atoms with E-state index in [0.717, 1.165) is 18.6 Å². The van der Waals surface area contributed by atoms with Crippen molar-refractivity contribution in [3.8, 4) is 0 Å². The molecule has 1 heterocycles. The molecule has 0 fully saturated rings. The monoisotopic (exact) mass is 269 g/mol. The van der Waals surface area contributed by atoms with Crippen molar-refractivity contribution < 1.29 is 4.79 Å². The summed E-state index contributed by atoms with van der Waals surface area (Å²) < 4.78 is 0.584. The minimum Gasteiger partial charge on any atom is -0.283 e. The van der Waals surface area contributed by atoms with Crippen LogP contribution in [0, 0.1) is 0 Å². The Balaban J connectivity index is 2.26. The average Bonchev–Trinajstić information content (AvgIpc) is 2.37. The number of thioether (sulfide) groups is 1. The van der Waals surface area contributed by atoms with Gasteiger partial charge in [-0.3, -0.25) is 20.6 Å². The zero-order chi connectivity index (χ0) is 12.5. The highest BCUT2D eigenvalue weighted by Gasteiger charge is 2.04. The first kappa shape index (κ1) is 13.9. The minimum atomic E-state index is -0.217. The van der Waals surface area contributed by atoms with Crippen molar-refractivity contribution in [2.24, 2.45) is 0 Å². The van der Waals surface area contributed by atoms with Crippen LogP contribution in [0.25, 0.3) is 0 Å². The van der Waals surface area contributed by atoms with Crippen LogP contribution in [0.4, 0.5) is 0 Å². The van der Waals surface area contributed by atoms with Crippen molar-refractivity contribution in [1.82, 2.24) is 15.8 Å². The molecule has 1 amide bonds. The number of carbonyl (C=O) groups is 1. The molecule has 1 rings (SSSR count). The molecule has 0 aliphatic rings. The molecule has 0 bridgehead atoms. The summed E-state index contributed by atoms with van der Waals surface area (Å²) in [7, 11) is 0. The molecule has 0 radical (unpaired) electrons. The molecule has 2 N–H and O–H groups in total. The molecule has 4 nitrogen and oxygen atoms in total. The van der Waals surface area contributed by atoms with Crippen LogP contribution >= 0.6 is 24.0 Å². The van der Waals surface area contributed by atoms with Crippen LogP contribution in [0.3, 0.4) is 0 Å². The van der Waals surface area contributed by atoms with E-state index >= 15 is 0 Å². The summed E-state index contributed by atoms with van der Waals surface area (Å²) in [6, 6.07) is 3.29. The maximum atomic E-state index is 11.6. The number of hydrogen-bond donors (Lipinski definition) is 2. The average molecular weight is 269 g/mol. The highest BCUT2D eigenvalue weighted by atomic mass is 32.2. The van der Waals surface area contributed by atoms with Crippen LogP contribution in [0.15, 0.2) is 24.5 Å². The lowest BCUT2D eigenvalue weighted by Crippen LogP contribution is -2.39. The molecule has 0 unspecified atom stereocenters. The first-order valence-electron chi connectivity index (χ1n) is 5.37. The van der Waals surface area contributed by atoms with Crippen molar-refractivity contribution in [2.75, 3.05) is 5.75 Å². The van der Waals surface area contributed by atoms with Gasteiger partial charge in [-0.2, -0.15) is 0 Å². The molecule has 17 heavy (non-hydrogen) atoms. The second-order valence-electron chi connectivity index (χ2n) is 3.30. The molecular weight excluding hydrogens is 254 g/mol. The molecule has 0 atom stereocenters. The van der Waals surface area contributed by atoms with Gasteiger partial charge in [0, 0.05) is 23.7 Å².